The van der Waals surface area contributed by atoms with Crippen molar-refractivity contribution in [1.82, 2.24) is 0 Å². The van der Waals surface area contributed by atoms with Crippen molar-refractivity contribution in [3.8, 4) is 0 Å². The summed E-state index contributed by atoms with van der Waals surface area (Å²) in [5.74, 6) is -1.26. The lowest BCUT2D eigenvalue weighted by molar-refractivity contribution is 0.0595. The molecule has 3 nitrogen and oxygen atoms in total. The predicted octanol–water partition coefficient (Wildman–Crippen LogP) is 3.53. The highest BCUT2D eigenvalue weighted by molar-refractivity contribution is 5.90. The number of benzene rings is 2. The lowest BCUT2D eigenvalue weighted by Gasteiger charge is -2.09. The van der Waals surface area contributed by atoms with E-state index in [9.17, 15) is 9.18 Å². The average Bonchev–Trinajstić information content (AvgIpc) is 2.47. The fourth-order valence-corrected chi connectivity index (χ4v) is 1.81. The Balaban J connectivity index is 2.10. The molecule has 2 aromatic rings. The van der Waals surface area contributed by atoms with Gasteiger partial charge in [-0.05, 0) is 30.7 Å². The second kappa shape index (κ2) is 6.19. The number of hydrogen-bond donors (Lipinski definition) is 1. The van der Waals surface area contributed by atoms with Crippen LogP contribution in [0.1, 0.15) is 21.5 Å². The average molecular weight is 273 g/mol. The van der Waals surface area contributed by atoms with E-state index in [1.54, 1.807) is 6.07 Å². The third-order valence-corrected chi connectivity index (χ3v) is 2.99. The molecule has 0 saturated carbocycles. The van der Waals surface area contributed by atoms with Gasteiger partial charge in [-0.15, -0.1) is 0 Å². The van der Waals surface area contributed by atoms with Gasteiger partial charge in [0.25, 0.3) is 0 Å². The number of ether oxygens (including phenoxy) is 1. The van der Waals surface area contributed by atoms with Crippen LogP contribution in [-0.2, 0) is 11.3 Å². The van der Waals surface area contributed by atoms with Crippen LogP contribution in [0.15, 0.2) is 42.5 Å². The molecule has 0 unspecified atom stereocenters. The number of esters is 1. The summed E-state index contributed by atoms with van der Waals surface area (Å²) >= 11 is 0. The van der Waals surface area contributed by atoms with E-state index in [-0.39, 0.29) is 5.56 Å². The molecule has 104 valence electrons. The van der Waals surface area contributed by atoms with Crippen molar-refractivity contribution >= 4 is 11.7 Å². The monoisotopic (exact) mass is 273 g/mol. The molecule has 0 aliphatic rings. The van der Waals surface area contributed by atoms with Crippen LogP contribution in [0.3, 0.4) is 0 Å². The molecule has 20 heavy (non-hydrogen) atoms. The number of hydrogen-bond acceptors (Lipinski definition) is 3. The van der Waals surface area contributed by atoms with Gasteiger partial charge >= 0.3 is 5.97 Å². The summed E-state index contributed by atoms with van der Waals surface area (Å²) in [5, 5.41) is 3.15. The Morgan fingerprint density at radius 3 is 2.55 bits per heavy atom. The Kier molecular flexibility index (Phi) is 4.35. The summed E-state index contributed by atoms with van der Waals surface area (Å²) in [4.78, 5) is 11.4. The molecule has 0 heterocycles. The zero-order valence-corrected chi connectivity index (χ0v) is 11.4. The van der Waals surface area contributed by atoms with Crippen LogP contribution in [0.4, 0.5) is 10.1 Å². The summed E-state index contributed by atoms with van der Waals surface area (Å²) in [7, 11) is 1.23. The molecular weight excluding hydrogens is 257 g/mol. The number of aryl methyl sites for hydroxylation is 1. The molecule has 0 amide bonds. The molecule has 0 aliphatic carbocycles. The number of halogens is 1. The molecule has 0 atom stereocenters. The summed E-state index contributed by atoms with van der Waals surface area (Å²) in [5.41, 5.74) is 2.91. The van der Waals surface area contributed by atoms with Gasteiger partial charge in [-0.3, -0.25) is 0 Å². The highest BCUT2D eigenvalue weighted by Gasteiger charge is 2.12. The lowest BCUT2D eigenvalue weighted by Crippen LogP contribution is -2.06. The van der Waals surface area contributed by atoms with Crippen LogP contribution in [0, 0.1) is 12.7 Å². The van der Waals surface area contributed by atoms with Gasteiger partial charge in [0, 0.05) is 12.2 Å². The Labute approximate surface area is 117 Å². The molecule has 0 aromatic heterocycles. The molecule has 4 heteroatoms. The van der Waals surface area contributed by atoms with Gasteiger partial charge in [0.05, 0.1) is 12.7 Å². The lowest BCUT2D eigenvalue weighted by atomic mass is 10.1. The second-order valence-corrected chi connectivity index (χ2v) is 4.53. The standard InChI is InChI=1S/C16H16FNO2/c1-11-3-5-12(6-4-11)10-18-13-7-8-15(17)14(9-13)16(19)20-2/h3-9,18H,10H2,1-2H3. The fourth-order valence-electron chi connectivity index (χ4n) is 1.81. The highest BCUT2D eigenvalue weighted by Crippen LogP contribution is 2.16. The predicted molar refractivity (Wildman–Crippen MR) is 76.2 cm³/mol. The number of carbonyl (C=O) groups excluding carboxylic acids is 1. The first-order valence-electron chi connectivity index (χ1n) is 6.27. The minimum atomic E-state index is -0.679. The summed E-state index contributed by atoms with van der Waals surface area (Å²) < 4.78 is 18.0. The molecule has 0 aliphatic heterocycles. The first kappa shape index (κ1) is 14.1. The maximum absolute atomic E-state index is 13.5. The van der Waals surface area contributed by atoms with Gasteiger partial charge < -0.3 is 10.1 Å². The molecule has 0 saturated heterocycles. The number of rotatable bonds is 4. The zero-order chi connectivity index (χ0) is 14.5. The van der Waals surface area contributed by atoms with Crippen molar-refractivity contribution in [3.05, 3.63) is 65.0 Å². The second-order valence-electron chi connectivity index (χ2n) is 4.53. The highest BCUT2D eigenvalue weighted by atomic mass is 19.1. The quantitative estimate of drug-likeness (QED) is 0.866. The number of anilines is 1. The fraction of sp³-hybridized carbons (Fsp3) is 0.188. The Morgan fingerprint density at radius 2 is 1.90 bits per heavy atom. The van der Waals surface area contributed by atoms with E-state index in [1.807, 2.05) is 31.2 Å². The van der Waals surface area contributed by atoms with E-state index in [0.29, 0.717) is 12.2 Å². The van der Waals surface area contributed by atoms with Crippen molar-refractivity contribution in [3.63, 3.8) is 0 Å². The van der Waals surface area contributed by atoms with E-state index < -0.39 is 11.8 Å². The number of carbonyl (C=O) groups is 1. The number of methoxy groups -OCH3 is 1. The topological polar surface area (TPSA) is 38.3 Å². The Morgan fingerprint density at radius 1 is 1.20 bits per heavy atom. The van der Waals surface area contributed by atoms with Crippen LogP contribution in [0.25, 0.3) is 0 Å². The van der Waals surface area contributed by atoms with Crippen molar-refractivity contribution in [1.29, 1.82) is 0 Å². The SMILES string of the molecule is COC(=O)c1cc(NCc2ccc(C)cc2)ccc1F. The van der Waals surface area contributed by atoms with Crippen LogP contribution >= 0.6 is 0 Å². The van der Waals surface area contributed by atoms with Crippen molar-refractivity contribution in [2.45, 2.75) is 13.5 Å². The van der Waals surface area contributed by atoms with Gasteiger partial charge in [-0.1, -0.05) is 29.8 Å². The number of nitrogens with one attached hydrogen (secondary N) is 1. The van der Waals surface area contributed by atoms with Gasteiger partial charge in [-0.2, -0.15) is 0 Å². The van der Waals surface area contributed by atoms with Gasteiger partial charge in [0.15, 0.2) is 0 Å². The smallest absolute Gasteiger partial charge is 0.340 e. The maximum atomic E-state index is 13.5. The third kappa shape index (κ3) is 3.35. The van der Waals surface area contributed by atoms with Gasteiger partial charge in [0.2, 0.25) is 0 Å². The van der Waals surface area contributed by atoms with Crippen LogP contribution in [0.2, 0.25) is 0 Å². The molecule has 1 N–H and O–H groups in total. The van der Waals surface area contributed by atoms with Crippen LogP contribution < -0.4 is 5.32 Å². The van der Waals surface area contributed by atoms with Gasteiger partial charge in [0.1, 0.15) is 5.82 Å². The van der Waals surface area contributed by atoms with Crippen molar-refractivity contribution in [2.75, 3.05) is 12.4 Å². The maximum Gasteiger partial charge on any atom is 0.340 e. The molecule has 2 rings (SSSR count). The van der Waals surface area contributed by atoms with E-state index in [0.717, 1.165) is 5.56 Å². The van der Waals surface area contributed by atoms with E-state index in [2.05, 4.69) is 10.1 Å². The molecule has 0 bridgehead atoms. The van der Waals surface area contributed by atoms with Gasteiger partial charge in [-0.25, -0.2) is 9.18 Å². The molecular formula is C16H16FNO2. The molecule has 0 radical (unpaired) electrons. The summed E-state index contributed by atoms with van der Waals surface area (Å²) in [6.07, 6.45) is 0. The first-order valence-corrected chi connectivity index (χ1v) is 6.27. The van der Waals surface area contributed by atoms with E-state index in [4.69, 9.17) is 0 Å². The van der Waals surface area contributed by atoms with E-state index in [1.165, 1.54) is 24.8 Å². The summed E-state index contributed by atoms with van der Waals surface area (Å²) in [6, 6.07) is 12.4. The summed E-state index contributed by atoms with van der Waals surface area (Å²) in [6.45, 7) is 2.63. The third-order valence-electron chi connectivity index (χ3n) is 2.99. The van der Waals surface area contributed by atoms with Crippen molar-refractivity contribution in [2.24, 2.45) is 0 Å². The Hall–Kier alpha value is -2.36. The zero-order valence-electron chi connectivity index (χ0n) is 11.4. The van der Waals surface area contributed by atoms with E-state index >= 15 is 0 Å². The van der Waals surface area contributed by atoms with Crippen molar-refractivity contribution < 1.29 is 13.9 Å². The normalized spacial score (nSPS) is 10.2. The molecule has 0 spiro atoms. The minimum Gasteiger partial charge on any atom is -0.465 e. The Bertz CT molecular complexity index is 608. The minimum absolute atomic E-state index is 0.0681. The van der Waals surface area contributed by atoms with Crippen LogP contribution in [-0.4, -0.2) is 13.1 Å². The first-order chi connectivity index (χ1) is 9.60. The molecule has 2 aromatic carbocycles. The van der Waals surface area contributed by atoms with Crippen LogP contribution in [0.5, 0.6) is 0 Å². The largest absolute Gasteiger partial charge is 0.465 e. The molecule has 0 fully saturated rings.